The lowest BCUT2D eigenvalue weighted by atomic mass is 9.93. The Labute approximate surface area is 136 Å². The summed E-state index contributed by atoms with van der Waals surface area (Å²) in [5.41, 5.74) is 0.257. The van der Waals surface area contributed by atoms with Crippen LogP contribution in [0.2, 0.25) is 0 Å². The highest BCUT2D eigenvalue weighted by Crippen LogP contribution is 2.31. The van der Waals surface area contributed by atoms with Gasteiger partial charge in [-0.2, -0.15) is 0 Å². The molecule has 0 fully saturated rings. The van der Waals surface area contributed by atoms with Gasteiger partial charge in [0.05, 0.1) is 30.7 Å². The molecule has 0 atom stereocenters. The summed E-state index contributed by atoms with van der Waals surface area (Å²) in [5, 5.41) is 12.8. The molecular formula is C14H21Br2N2O2+. The van der Waals surface area contributed by atoms with Crippen LogP contribution in [0.15, 0.2) is 21.1 Å². The van der Waals surface area contributed by atoms with Gasteiger partial charge in [-0.15, -0.1) is 0 Å². The lowest BCUT2D eigenvalue weighted by molar-refractivity contribution is -0.865. The third-order valence-electron chi connectivity index (χ3n) is 2.83. The second-order valence-corrected chi connectivity index (χ2v) is 7.78. The number of quaternary nitrogens is 1. The predicted molar refractivity (Wildman–Crippen MR) is 87.3 cm³/mol. The van der Waals surface area contributed by atoms with Crippen LogP contribution in [0.4, 0.5) is 0 Å². The highest BCUT2D eigenvalue weighted by molar-refractivity contribution is 9.11. The molecule has 1 aromatic rings. The Hall–Kier alpha value is -0.590. The predicted octanol–water partition coefficient (Wildman–Crippen LogP) is 1.82. The fourth-order valence-electron chi connectivity index (χ4n) is 2.17. The number of carbonyl (C=O) groups excluding carboxylic acids is 1. The SMILES string of the molecule is C[NH+](C)CC(C)(C)CNC(=O)c1cc(Br)cc(Br)c1O. The topological polar surface area (TPSA) is 53.8 Å². The van der Waals surface area contributed by atoms with Crippen molar-refractivity contribution in [3.05, 3.63) is 26.6 Å². The van der Waals surface area contributed by atoms with E-state index in [4.69, 9.17) is 0 Å². The van der Waals surface area contributed by atoms with Crippen LogP contribution in [-0.4, -0.2) is 38.2 Å². The molecule has 0 heterocycles. The van der Waals surface area contributed by atoms with Crippen LogP contribution >= 0.6 is 31.9 Å². The number of benzene rings is 1. The zero-order valence-electron chi connectivity index (χ0n) is 12.2. The van der Waals surface area contributed by atoms with E-state index in [1.165, 1.54) is 4.90 Å². The lowest BCUT2D eigenvalue weighted by Gasteiger charge is -2.26. The van der Waals surface area contributed by atoms with E-state index in [1.54, 1.807) is 12.1 Å². The van der Waals surface area contributed by atoms with Gasteiger partial charge in [-0.3, -0.25) is 4.79 Å². The number of rotatable bonds is 5. The van der Waals surface area contributed by atoms with E-state index in [2.05, 4.69) is 65.1 Å². The minimum Gasteiger partial charge on any atom is -0.506 e. The highest BCUT2D eigenvalue weighted by Gasteiger charge is 2.23. The second kappa shape index (κ2) is 6.91. The summed E-state index contributed by atoms with van der Waals surface area (Å²) < 4.78 is 1.23. The summed E-state index contributed by atoms with van der Waals surface area (Å²) >= 11 is 6.54. The Balaban J connectivity index is 2.78. The molecule has 0 aliphatic rings. The molecule has 6 heteroatoms. The Kier molecular flexibility index (Phi) is 6.04. The third-order valence-corrected chi connectivity index (χ3v) is 3.89. The van der Waals surface area contributed by atoms with Gasteiger partial charge in [-0.25, -0.2) is 0 Å². The number of carbonyl (C=O) groups is 1. The summed E-state index contributed by atoms with van der Waals surface area (Å²) in [6.07, 6.45) is 0. The summed E-state index contributed by atoms with van der Waals surface area (Å²) in [6.45, 7) is 5.72. The average Bonchev–Trinajstić information content (AvgIpc) is 2.29. The Morgan fingerprint density at radius 2 is 1.95 bits per heavy atom. The average molecular weight is 409 g/mol. The minimum absolute atomic E-state index is 0.00659. The quantitative estimate of drug-likeness (QED) is 0.695. The minimum atomic E-state index is -0.272. The smallest absolute Gasteiger partial charge is 0.255 e. The Bertz CT molecular complexity index is 502. The van der Waals surface area contributed by atoms with E-state index in [0.717, 1.165) is 11.0 Å². The van der Waals surface area contributed by atoms with Crippen LogP contribution in [0.25, 0.3) is 0 Å². The van der Waals surface area contributed by atoms with Gasteiger partial charge in [0.1, 0.15) is 5.75 Å². The summed E-state index contributed by atoms with van der Waals surface area (Å²) in [6, 6.07) is 3.31. The van der Waals surface area contributed by atoms with Crippen molar-refractivity contribution in [1.82, 2.24) is 5.32 Å². The first-order chi connectivity index (χ1) is 9.12. The highest BCUT2D eigenvalue weighted by atomic mass is 79.9. The molecule has 0 bridgehead atoms. The van der Waals surface area contributed by atoms with Crippen LogP contribution in [0.5, 0.6) is 5.75 Å². The fourth-order valence-corrected chi connectivity index (χ4v) is 3.40. The summed E-state index contributed by atoms with van der Waals surface area (Å²) in [7, 11) is 4.17. The zero-order valence-corrected chi connectivity index (χ0v) is 15.4. The number of nitrogens with one attached hydrogen (secondary N) is 2. The summed E-state index contributed by atoms with van der Waals surface area (Å²) in [5.74, 6) is -0.312. The molecule has 1 amide bonds. The first kappa shape index (κ1) is 17.5. The maximum atomic E-state index is 12.2. The van der Waals surface area contributed by atoms with Gasteiger partial charge in [0, 0.05) is 16.4 Å². The van der Waals surface area contributed by atoms with Crippen LogP contribution in [0.3, 0.4) is 0 Å². The standard InChI is InChI=1S/C14H20Br2N2O2/c1-14(2,8-18(3)4)7-17-13(20)10-5-9(15)6-11(16)12(10)19/h5-6,19H,7-8H2,1-4H3,(H,17,20)/p+1. The zero-order chi connectivity index (χ0) is 15.5. The van der Waals surface area contributed by atoms with E-state index < -0.39 is 0 Å². The number of phenols is 1. The van der Waals surface area contributed by atoms with E-state index in [1.807, 2.05) is 0 Å². The fraction of sp³-hybridized carbons (Fsp3) is 0.500. The number of hydrogen-bond acceptors (Lipinski definition) is 2. The monoisotopic (exact) mass is 407 g/mol. The van der Waals surface area contributed by atoms with E-state index in [-0.39, 0.29) is 22.6 Å². The van der Waals surface area contributed by atoms with Gasteiger partial charge in [0.25, 0.3) is 5.91 Å². The van der Waals surface area contributed by atoms with Crippen LogP contribution < -0.4 is 10.2 Å². The van der Waals surface area contributed by atoms with Crippen molar-refractivity contribution < 1.29 is 14.8 Å². The number of phenolic OH excluding ortho intramolecular Hbond substituents is 1. The molecule has 1 rings (SSSR count). The van der Waals surface area contributed by atoms with Crippen molar-refractivity contribution in [1.29, 1.82) is 0 Å². The first-order valence-electron chi connectivity index (χ1n) is 6.37. The van der Waals surface area contributed by atoms with Gasteiger partial charge in [-0.1, -0.05) is 29.8 Å². The first-order valence-corrected chi connectivity index (χ1v) is 7.96. The lowest BCUT2D eigenvalue weighted by Crippen LogP contribution is -3.07. The van der Waals surface area contributed by atoms with Gasteiger partial charge in [0.15, 0.2) is 0 Å². The summed E-state index contributed by atoms with van der Waals surface area (Å²) in [4.78, 5) is 13.5. The maximum Gasteiger partial charge on any atom is 0.255 e. The van der Waals surface area contributed by atoms with Crippen LogP contribution in [0, 0.1) is 5.41 Å². The molecule has 3 N–H and O–H groups in total. The van der Waals surface area contributed by atoms with E-state index in [0.29, 0.717) is 11.0 Å². The molecule has 0 spiro atoms. The molecule has 1 aromatic carbocycles. The Morgan fingerprint density at radius 1 is 1.35 bits per heavy atom. The molecular weight excluding hydrogens is 388 g/mol. The van der Waals surface area contributed by atoms with Crippen molar-refractivity contribution >= 4 is 37.8 Å². The van der Waals surface area contributed by atoms with Gasteiger partial charge >= 0.3 is 0 Å². The van der Waals surface area contributed by atoms with Crippen molar-refractivity contribution in [3.63, 3.8) is 0 Å². The van der Waals surface area contributed by atoms with Crippen molar-refractivity contribution in [3.8, 4) is 5.75 Å². The molecule has 0 aliphatic carbocycles. The molecule has 0 saturated heterocycles. The van der Waals surface area contributed by atoms with Gasteiger partial charge in [0.2, 0.25) is 0 Å². The second-order valence-electron chi connectivity index (χ2n) is 6.01. The number of amides is 1. The van der Waals surface area contributed by atoms with E-state index in [9.17, 15) is 9.90 Å². The Morgan fingerprint density at radius 3 is 2.50 bits per heavy atom. The largest absolute Gasteiger partial charge is 0.506 e. The number of hydrogen-bond donors (Lipinski definition) is 3. The van der Waals surface area contributed by atoms with Crippen molar-refractivity contribution in [2.45, 2.75) is 13.8 Å². The van der Waals surface area contributed by atoms with Crippen LogP contribution in [0.1, 0.15) is 24.2 Å². The molecule has 112 valence electrons. The number of halogens is 2. The molecule has 0 unspecified atom stereocenters. The molecule has 0 radical (unpaired) electrons. The number of aromatic hydroxyl groups is 1. The van der Waals surface area contributed by atoms with Gasteiger partial charge < -0.3 is 15.3 Å². The van der Waals surface area contributed by atoms with Crippen molar-refractivity contribution in [2.75, 3.05) is 27.2 Å². The third kappa shape index (κ3) is 5.07. The normalized spacial score (nSPS) is 11.8. The maximum absolute atomic E-state index is 12.2. The molecule has 0 saturated carbocycles. The van der Waals surface area contributed by atoms with Crippen molar-refractivity contribution in [2.24, 2.45) is 5.41 Å². The molecule has 20 heavy (non-hydrogen) atoms. The van der Waals surface area contributed by atoms with Gasteiger partial charge in [-0.05, 0) is 28.1 Å². The molecule has 4 nitrogen and oxygen atoms in total. The van der Waals surface area contributed by atoms with E-state index >= 15 is 0 Å². The molecule has 0 aromatic heterocycles. The van der Waals surface area contributed by atoms with Crippen LogP contribution in [-0.2, 0) is 0 Å². The molecule has 0 aliphatic heterocycles.